The lowest BCUT2D eigenvalue weighted by molar-refractivity contribution is -0.255. The van der Waals surface area contributed by atoms with Gasteiger partial charge in [0.2, 0.25) is 6.29 Å². The van der Waals surface area contributed by atoms with E-state index >= 15 is 0 Å². The average Bonchev–Trinajstić information content (AvgIpc) is 2.98. The average molecular weight is 419 g/mol. The molecule has 5 nitrogen and oxygen atoms in total. The minimum absolute atomic E-state index is 0.0443. The van der Waals surface area contributed by atoms with Crippen LogP contribution in [0.15, 0.2) is 11.6 Å². The largest absolute Gasteiger partial charge is 0.429 e. The maximum absolute atomic E-state index is 11.7. The molecular formula is C25H38O5. The third-order valence-electron chi connectivity index (χ3n) is 10.3. The Bertz CT molecular complexity index is 774. The van der Waals surface area contributed by atoms with Crippen molar-refractivity contribution in [2.75, 3.05) is 6.61 Å². The molecule has 0 radical (unpaired) electrons. The molecule has 0 aromatic carbocycles. The van der Waals surface area contributed by atoms with Gasteiger partial charge in [0.25, 0.3) is 0 Å². The molecular weight excluding hydrogens is 380 g/mol. The number of esters is 1. The van der Waals surface area contributed by atoms with E-state index in [1.807, 2.05) is 0 Å². The molecule has 4 fully saturated rings. The molecule has 5 aliphatic rings. The van der Waals surface area contributed by atoms with Gasteiger partial charge < -0.3 is 19.7 Å². The second-order valence-corrected chi connectivity index (χ2v) is 12.2. The standard InChI is InChI=1S/C25H38O5/c1-22(2)8-5-9-23(3)17(22)6-10-24(4)18(23)7-11-25(28)14-29-16(13-19(24)25)15-12-20(26)30-21(15)27/h12,16-19,21,27-28H,5-11,13-14H2,1-4H3/t16-,17+,18-,19+,21?,23+,24-,25-/m1/s1. The Labute approximate surface area is 180 Å². The number of hydrogen-bond acceptors (Lipinski definition) is 5. The summed E-state index contributed by atoms with van der Waals surface area (Å²) in [5.74, 6) is 0.929. The first-order chi connectivity index (χ1) is 14.0. The van der Waals surface area contributed by atoms with Crippen LogP contribution in [0.5, 0.6) is 0 Å². The highest BCUT2D eigenvalue weighted by Crippen LogP contribution is 2.70. The van der Waals surface area contributed by atoms with Crippen molar-refractivity contribution in [3.05, 3.63) is 11.6 Å². The van der Waals surface area contributed by atoms with Gasteiger partial charge in [0, 0.05) is 11.6 Å². The van der Waals surface area contributed by atoms with E-state index in [1.54, 1.807) is 0 Å². The molecule has 3 aliphatic carbocycles. The minimum atomic E-state index is -1.21. The topological polar surface area (TPSA) is 76.0 Å². The van der Waals surface area contributed by atoms with Crippen molar-refractivity contribution < 1.29 is 24.5 Å². The Hall–Kier alpha value is -0.910. The summed E-state index contributed by atoms with van der Waals surface area (Å²) < 4.78 is 10.9. The predicted molar refractivity (Wildman–Crippen MR) is 112 cm³/mol. The van der Waals surface area contributed by atoms with Crippen LogP contribution in [-0.4, -0.2) is 40.8 Å². The lowest BCUT2D eigenvalue weighted by atomic mass is 9.37. The summed E-state index contributed by atoms with van der Waals surface area (Å²) in [6.45, 7) is 10.2. The van der Waals surface area contributed by atoms with Crippen LogP contribution < -0.4 is 0 Å². The molecule has 0 bridgehead atoms. The molecule has 0 aromatic rings. The number of cyclic esters (lactones) is 1. The molecule has 8 atom stereocenters. The zero-order valence-electron chi connectivity index (χ0n) is 18.9. The Morgan fingerprint density at radius 2 is 1.67 bits per heavy atom. The van der Waals surface area contributed by atoms with Crippen LogP contribution in [0.4, 0.5) is 0 Å². The van der Waals surface area contributed by atoms with Gasteiger partial charge in [-0.3, -0.25) is 0 Å². The number of rotatable bonds is 1. The summed E-state index contributed by atoms with van der Waals surface area (Å²) in [7, 11) is 0. The van der Waals surface area contributed by atoms with E-state index in [4.69, 9.17) is 9.47 Å². The van der Waals surface area contributed by atoms with E-state index in [1.165, 1.54) is 31.8 Å². The van der Waals surface area contributed by atoms with E-state index in [0.717, 1.165) is 25.2 Å². The summed E-state index contributed by atoms with van der Waals surface area (Å²) in [5.41, 5.74) is 0.449. The van der Waals surface area contributed by atoms with Crippen LogP contribution in [0.2, 0.25) is 0 Å². The molecule has 3 saturated carbocycles. The van der Waals surface area contributed by atoms with Crippen molar-refractivity contribution >= 4 is 5.97 Å². The number of fused-ring (bicyclic) bond motifs is 5. The lowest BCUT2D eigenvalue weighted by Crippen LogP contribution is -2.66. The molecule has 1 unspecified atom stereocenters. The Morgan fingerprint density at radius 3 is 2.37 bits per heavy atom. The fourth-order valence-corrected chi connectivity index (χ4v) is 9.04. The number of carbonyl (C=O) groups is 1. The number of hydrogen-bond donors (Lipinski definition) is 2. The van der Waals surface area contributed by atoms with E-state index in [9.17, 15) is 15.0 Å². The Balaban J connectivity index is 1.48. The molecule has 0 aromatic heterocycles. The SMILES string of the molecule is CC1(C)CCC[C@]2(C)[C@H]3CC[C@@]4(O)CO[C@@H](C5=CC(=O)OC5O)C[C@H]4[C@]3(C)CC[C@@H]12. The summed E-state index contributed by atoms with van der Waals surface area (Å²) in [6.07, 6.45) is 8.56. The van der Waals surface area contributed by atoms with Gasteiger partial charge in [-0.05, 0) is 78.9 Å². The van der Waals surface area contributed by atoms with Gasteiger partial charge in [0.15, 0.2) is 0 Å². The molecule has 2 aliphatic heterocycles. The van der Waals surface area contributed by atoms with Gasteiger partial charge >= 0.3 is 5.97 Å². The highest BCUT2D eigenvalue weighted by Gasteiger charge is 2.66. The monoisotopic (exact) mass is 418 g/mol. The number of aliphatic hydroxyl groups excluding tert-OH is 1. The van der Waals surface area contributed by atoms with Gasteiger partial charge in [-0.25, -0.2) is 4.79 Å². The first-order valence-electron chi connectivity index (χ1n) is 11.9. The minimum Gasteiger partial charge on any atom is -0.429 e. The fourth-order valence-electron chi connectivity index (χ4n) is 9.04. The molecule has 2 heterocycles. The van der Waals surface area contributed by atoms with E-state index < -0.39 is 17.9 Å². The number of ether oxygens (including phenoxy) is 2. The normalized spacial score (nSPS) is 52.5. The van der Waals surface area contributed by atoms with Gasteiger partial charge in [-0.1, -0.05) is 34.1 Å². The number of aliphatic hydroxyl groups is 2. The zero-order valence-corrected chi connectivity index (χ0v) is 18.9. The van der Waals surface area contributed by atoms with Crippen molar-refractivity contribution in [2.24, 2.45) is 34.0 Å². The molecule has 1 saturated heterocycles. The van der Waals surface area contributed by atoms with Crippen molar-refractivity contribution in [1.82, 2.24) is 0 Å². The van der Waals surface area contributed by atoms with E-state index in [2.05, 4.69) is 27.7 Å². The van der Waals surface area contributed by atoms with E-state index in [-0.39, 0.29) is 24.0 Å². The third-order valence-corrected chi connectivity index (χ3v) is 10.3. The molecule has 168 valence electrons. The van der Waals surface area contributed by atoms with Crippen LogP contribution >= 0.6 is 0 Å². The van der Waals surface area contributed by atoms with Gasteiger partial charge in [-0.15, -0.1) is 0 Å². The molecule has 30 heavy (non-hydrogen) atoms. The van der Waals surface area contributed by atoms with Gasteiger partial charge in [0.1, 0.15) is 0 Å². The summed E-state index contributed by atoms with van der Waals surface area (Å²) in [4.78, 5) is 11.6. The first-order valence-corrected chi connectivity index (χ1v) is 11.9. The van der Waals surface area contributed by atoms with Crippen molar-refractivity contribution in [3.8, 4) is 0 Å². The van der Waals surface area contributed by atoms with Crippen LogP contribution in [0.3, 0.4) is 0 Å². The maximum atomic E-state index is 11.7. The molecule has 0 amide bonds. The quantitative estimate of drug-likeness (QED) is 0.630. The fraction of sp³-hybridized carbons (Fsp3) is 0.880. The first kappa shape index (κ1) is 21.0. The Morgan fingerprint density at radius 1 is 0.967 bits per heavy atom. The zero-order chi connectivity index (χ0) is 21.5. The van der Waals surface area contributed by atoms with Crippen LogP contribution in [0.25, 0.3) is 0 Å². The number of carbonyl (C=O) groups excluding carboxylic acids is 1. The molecule has 0 spiro atoms. The van der Waals surface area contributed by atoms with Crippen LogP contribution in [-0.2, 0) is 14.3 Å². The third kappa shape index (κ3) is 2.80. The second kappa shape index (κ2) is 6.55. The maximum Gasteiger partial charge on any atom is 0.333 e. The summed E-state index contributed by atoms with van der Waals surface area (Å²) >= 11 is 0. The van der Waals surface area contributed by atoms with Crippen molar-refractivity contribution in [1.29, 1.82) is 0 Å². The summed E-state index contributed by atoms with van der Waals surface area (Å²) in [6, 6.07) is 0. The second-order valence-electron chi connectivity index (χ2n) is 12.2. The summed E-state index contributed by atoms with van der Waals surface area (Å²) in [5, 5.41) is 21.8. The lowest BCUT2D eigenvalue weighted by Gasteiger charge is -2.68. The van der Waals surface area contributed by atoms with Crippen molar-refractivity contribution in [3.63, 3.8) is 0 Å². The highest BCUT2D eigenvalue weighted by atomic mass is 16.6. The predicted octanol–water partition coefficient (Wildman–Crippen LogP) is 3.97. The van der Waals surface area contributed by atoms with Crippen LogP contribution in [0.1, 0.15) is 79.1 Å². The molecule has 2 N–H and O–H groups in total. The Kier molecular flexibility index (Phi) is 4.58. The molecule has 5 heteroatoms. The highest BCUT2D eigenvalue weighted by molar-refractivity contribution is 5.85. The van der Waals surface area contributed by atoms with E-state index in [0.29, 0.717) is 28.7 Å². The van der Waals surface area contributed by atoms with Gasteiger partial charge in [-0.2, -0.15) is 0 Å². The van der Waals surface area contributed by atoms with Crippen molar-refractivity contribution in [2.45, 2.75) is 97.1 Å². The molecule has 5 rings (SSSR count). The van der Waals surface area contributed by atoms with Gasteiger partial charge in [0.05, 0.1) is 18.3 Å². The smallest absolute Gasteiger partial charge is 0.333 e. The van der Waals surface area contributed by atoms with Crippen LogP contribution in [0, 0.1) is 34.0 Å².